The number of hydrogen-bond acceptors (Lipinski definition) is 9. The maximum atomic E-state index is 11.8. The molecule has 11 nitrogen and oxygen atoms in total. The number of carboxylic acids is 1. The molecule has 0 radical (unpaired) electrons. The van der Waals surface area contributed by atoms with Gasteiger partial charge in [0.15, 0.2) is 6.10 Å². The van der Waals surface area contributed by atoms with E-state index in [1.165, 1.54) is 25.1 Å². The second-order valence-electron chi connectivity index (χ2n) is 6.37. The first-order valence-electron chi connectivity index (χ1n) is 8.79. The molecule has 1 aromatic carbocycles. The molecule has 1 fully saturated rings. The Kier molecular flexibility index (Phi) is 7.51. The number of ether oxygens (including phenoxy) is 3. The Bertz CT molecular complexity index is 767. The summed E-state index contributed by atoms with van der Waals surface area (Å²) in [6, 6.07) is 4.39. The van der Waals surface area contributed by atoms with Crippen molar-refractivity contribution < 1.29 is 49.0 Å². The Morgan fingerprint density at radius 1 is 1.14 bits per heavy atom. The molecule has 0 saturated carbocycles. The van der Waals surface area contributed by atoms with Gasteiger partial charge in [-0.25, -0.2) is 4.79 Å². The van der Waals surface area contributed by atoms with E-state index in [1.807, 2.05) is 0 Å². The van der Waals surface area contributed by atoms with E-state index in [4.69, 9.17) is 19.3 Å². The fourth-order valence-corrected chi connectivity index (χ4v) is 2.57. The highest BCUT2D eigenvalue weighted by atomic mass is 16.7. The molecule has 5 N–H and O–H groups in total. The zero-order chi connectivity index (χ0) is 21.7. The van der Waals surface area contributed by atoms with Gasteiger partial charge in [0, 0.05) is 13.3 Å². The summed E-state index contributed by atoms with van der Waals surface area (Å²) >= 11 is 0. The summed E-state index contributed by atoms with van der Waals surface area (Å²) in [4.78, 5) is 34.0. The number of amides is 1. The van der Waals surface area contributed by atoms with E-state index < -0.39 is 42.6 Å². The minimum absolute atomic E-state index is 0.00940. The zero-order valence-electron chi connectivity index (χ0n) is 15.8. The maximum Gasteiger partial charge on any atom is 0.335 e. The standard InChI is InChI=1S/C18H23NO10/c1-3-12(21)19-10-6-9(7-27-8(2)20)4-5-11(10)28-18-15(24)13(22)14(23)16(29-18)17(25)26/h4-6,13-16,18,22-24H,3,7H2,1-2H3,(H,19,21)(H,25,26)/t13-,14-,15+,16-,18+/m0/s1. The van der Waals surface area contributed by atoms with Gasteiger partial charge in [-0.15, -0.1) is 0 Å². The van der Waals surface area contributed by atoms with Gasteiger partial charge >= 0.3 is 11.9 Å². The van der Waals surface area contributed by atoms with Gasteiger partial charge in [-0.1, -0.05) is 13.0 Å². The van der Waals surface area contributed by atoms with Crippen LogP contribution in [0, 0.1) is 0 Å². The number of hydrogen-bond donors (Lipinski definition) is 5. The molecule has 1 aliphatic rings. The van der Waals surface area contributed by atoms with Crippen LogP contribution in [0.3, 0.4) is 0 Å². The average Bonchev–Trinajstić information content (AvgIpc) is 2.67. The Morgan fingerprint density at radius 2 is 1.83 bits per heavy atom. The molecule has 1 aliphatic heterocycles. The van der Waals surface area contributed by atoms with Gasteiger partial charge < -0.3 is 40.0 Å². The third-order valence-electron chi connectivity index (χ3n) is 4.14. The van der Waals surface area contributed by atoms with E-state index in [2.05, 4.69) is 5.32 Å². The van der Waals surface area contributed by atoms with Gasteiger partial charge in [-0.3, -0.25) is 9.59 Å². The van der Waals surface area contributed by atoms with E-state index in [0.29, 0.717) is 5.56 Å². The van der Waals surface area contributed by atoms with Gasteiger partial charge in [-0.2, -0.15) is 0 Å². The van der Waals surface area contributed by atoms with Crippen molar-refractivity contribution in [1.82, 2.24) is 0 Å². The van der Waals surface area contributed by atoms with Crippen molar-refractivity contribution >= 4 is 23.5 Å². The van der Waals surface area contributed by atoms with E-state index in [1.54, 1.807) is 6.92 Å². The lowest BCUT2D eigenvalue weighted by molar-refractivity contribution is -0.271. The number of carboxylic acid groups (broad SMARTS) is 1. The number of carbonyl (C=O) groups is 3. The fourth-order valence-electron chi connectivity index (χ4n) is 2.57. The van der Waals surface area contributed by atoms with Gasteiger partial charge in [-0.05, 0) is 17.7 Å². The molecule has 0 aliphatic carbocycles. The minimum Gasteiger partial charge on any atom is -0.479 e. The maximum absolute atomic E-state index is 11.8. The Balaban J connectivity index is 2.28. The van der Waals surface area contributed by atoms with Gasteiger partial charge in [0.05, 0.1) is 5.69 Å². The zero-order valence-corrected chi connectivity index (χ0v) is 15.8. The lowest BCUT2D eigenvalue weighted by Gasteiger charge is -2.38. The van der Waals surface area contributed by atoms with Crippen LogP contribution >= 0.6 is 0 Å². The fraction of sp³-hybridized carbons (Fsp3) is 0.500. The Morgan fingerprint density at radius 3 is 2.41 bits per heavy atom. The van der Waals surface area contributed by atoms with Gasteiger partial charge in [0.25, 0.3) is 0 Å². The number of rotatable bonds is 7. The monoisotopic (exact) mass is 413 g/mol. The lowest BCUT2D eigenvalue weighted by Crippen LogP contribution is -2.61. The van der Waals surface area contributed by atoms with Crippen molar-refractivity contribution in [1.29, 1.82) is 0 Å². The number of nitrogens with one attached hydrogen (secondary N) is 1. The van der Waals surface area contributed by atoms with Crippen molar-refractivity contribution in [3.8, 4) is 5.75 Å². The molecule has 1 aromatic rings. The van der Waals surface area contributed by atoms with Crippen molar-refractivity contribution in [2.45, 2.75) is 57.6 Å². The summed E-state index contributed by atoms with van der Waals surface area (Å²) < 4.78 is 15.5. The molecule has 0 spiro atoms. The van der Waals surface area contributed by atoms with E-state index in [0.717, 1.165) is 0 Å². The largest absolute Gasteiger partial charge is 0.479 e. The number of anilines is 1. The molecule has 29 heavy (non-hydrogen) atoms. The summed E-state index contributed by atoms with van der Waals surface area (Å²) in [5.74, 6) is -2.39. The first kappa shape index (κ1) is 22.6. The molecular formula is C18H23NO10. The summed E-state index contributed by atoms with van der Waals surface area (Å²) in [6.45, 7) is 2.82. The van der Waals surface area contributed by atoms with Crippen LogP contribution in [0.1, 0.15) is 25.8 Å². The summed E-state index contributed by atoms with van der Waals surface area (Å²) in [7, 11) is 0. The number of esters is 1. The van der Waals surface area contributed by atoms with Gasteiger partial charge in [0.1, 0.15) is 30.7 Å². The predicted molar refractivity (Wildman–Crippen MR) is 95.8 cm³/mol. The topological polar surface area (TPSA) is 172 Å². The summed E-state index contributed by atoms with van der Waals surface area (Å²) in [5.41, 5.74) is 0.688. The number of benzene rings is 1. The number of aliphatic hydroxyl groups is 3. The molecule has 2 rings (SSSR count). The third kappa shape index (κ3) is 5.64. The van der Waals surface area contributed by atoms with Crippen LogP contribution < -0.4 is 10.1 Å². The molecule has 5 atom stereocenters. The number of aliphatic carboxylic acids is 1. The van der Waals surface area contributed by atoms with Crippen molar-refractivity contribution in [3.63, 3.8) is 0 Å². The van der Waals surface area contributed by atoms with Crippen LogP contribution in [0.2, 0.25) is 0 Å². The smallest absolute Gasteiger partial charge is 0.335 e. The second kappa shape index (κ2) is 9.65. The lowest BCUT2D eigenvalue weighted by atomic mass is 9.99. The van der Waals surface area contributed by atoms with E-state index >= 15 is 0 Å². The van der Waals surface area contributed by atoms with Crippen molar-refractivity contribution in [2.24, 2.45) is 0 Å². The highest BCUT2D eigenvalue weighted by Crippen LogP contribution is 2.31. The molecular weight excluding hydrogens is 390 g/mol. The van der Waals surface area contributed by atoms with Crippen LogP contribution in [0.15, 0.2) is 18.2 Å². The Labute approximate surface area is 165 Å². The quantitative estimate of drug-likeness (QED) is 0.362. The average molecular weight is 413 g/mol. The number of carbonyl (C=O) groups excluding carboxylic acids is 2. The Hall–Kier alpha value is -2.73. The highest BCUT2D eigenvalue weighted by Gasteiger charge is 2.48. The minimum atomic E-state index is -1.85. The van der Waals surface area contributed by atoms with Crippen LogP contribution in [0.5, 0.6) is 5.75 Å². The van der Waals surface area contributed by atoms with Crippen LogP contribution in [0.25, 0.3) is 0 Å². The second-order valence-corrected chi connectivity index (χ2v) is 6.37. The van der Waals surface area contributed by atoms with Crippen molar-refractivity contribution in [2.75, 3.05) is 5.32 Å². The molecule has 0 aromatic heterocycles. The summed E-state index contributed by atoms with van der Waals surface area (Å²) in [5, 5.41) is 41.4. The highest BCUT2D eigenvalue weighted by molar-refractivity contribution is 5.92. The predicted octanol–water partition coefficient (Wildman–Crippen LogP) is -0.631. The molecule has 0 bridgehead atoms. The van der Waals surface area contributed by atoms with Crippen LogP contribution in [0.4, 0.5) is 5.69 Å². The van der Waals surface area contributed by atoms with Crippen LogP contribution in [-0.2, 0) is 30.5 Å². The first-order chi connectivity index (χ1) is 13.6. The van der Waals surface area contributed by atoms with E-state index in [9.17, 15) is 29.7 Å². The van der Waals surface area contributed by atoms with Crippen molar-refractivity contribution in [3.05, 3.63) is 23.8 Å². The van der Waals surface area contributed by atoms with Gasteiger partial charge in [0.2, 0.25) is 12.2 Å². The summed E-state index contributed by atoms with van der Waals surface area (Å²) in [6.07, 6.45) is -8.74. The molecule has 160 valence electrons. The van der Waals surface area contributed by atoms with Crippen LogP contribution in [-0.4, -0.2) is 69.0 Å². The molecule has 1 saturated heterocycles. The third-order valence-corrected chi connectivity index (χ3v) is 4.14. The molecule has 1 amide bonds. The normalized spacial score (nSPS) is 26.4. The SMILES string of the molecule is CCC(=O)Nc1cc(COC(C)=O)ccc1O[C@@H]1O[C@H](C(=O)O)[C@@H](O)[C@H](O)[C@H]1O. The first-order valence-corrected chi connectivity index (χ1v) is 8.79. The molecule has 1 heterocycles. The number of aliphatic hydroxyl groups excluding tert-OH is 3. The van der Waals surface area contributed by atoms with E-state index in [-0.39, 0.29) is 30.4 Å². The molecule has 11 heteroatoms. The molecule has 0 unspecified atom stereocenters.